The lowest BCUT2D eigenvalue weighted by molar-refractivity contribution is -0.190. The Morgan fingerprint density at radius 1 is 1.19 bits per heavy atom. The lowest BCUT2D eigenvalue weighted by Crippen LogP contribution is -2.49. The van der Waals surface area contributed by atoms with E-state index in [4.69, 9.17) is 18.6 Å². The second kappa shape index (κ2) is 11.9. The van der Waals surface area contributed by atoms with Crippen LogP contribution in [-0.2, 0) is 59.3 Å². The van der Waals surface area contributed by atoms with Gasteiger partial charge in [-0.1, -0.05) is 6.92 Å². The zero-order valence-electron chi connectivity index (χ0n) is 26.0. The van der Waals surface area contributed by atoms with Crippen molar-refractivity contribution in [3.8, 4) is 17.1 Å². The van der Waals surface area contributed by atoms with E-state index in [0.29, 0.717) is 34.3 Å². The fourth-order valence-corrected chi connectivity index (χ4v) is 6.11. The third-order valence-electron chi connectivity index (χ3n) is 7.92. The largest absolute Gasteiger partial charge is 0.471 e. The number of nitrogens with one attached hydrogen (secondary N) is 1. The van der Waals surface area contributed by atoms with Gasteiger partial charge in [-0.15, -0.1) is 0 Å². The van der Waals surface area contributed by atoms with Crippen molar-refractivity contribution in [1.82, 2.24) is 19.8 Å². The molecule has 1 aromatic carbocycles. The molecule has 0 spiro atoms. The number of hydrogen-bond acceptors (Lipinski definition) is 11. The number of hydrogen-bond donors (Lipinski definition) is 1. The number of pyridine rings is 2. The van der Waals surface area contributed by atoms with Gasteiger partial charge in [0.2, 0.25) is 5.60 Å². The van der Waals surface area contributed by atoms with E-state index in [1.807, 2.05) is 4.90 Å². The van der Waals surface area contributed by atoms with E-state index >= 15 is 0 Å². The molecule has 4 heterocycles. The summed E-state index contributed by atoms with van der Waals surface area (Å²) in [6, 6.07) is 6.35. The lowest BCUT2D eigenvalue weighted by atomic mass is 9.85. The molecule has 1 amide bonds. The minimum absolute atomic E-state index is 0.00237. The average Bonchev–Trinajstić information content (AvgIpc) is 3.34. The van der Waals surface area contributed by atoms with Crippen LogP contribution >= 0.6 is 0 Å². The first-order valence-electron chi connectivity index (χ1n) is 14.4. The van der Waals surface area contributed by atoms with E-state index in [2.05, 4.69) is 0 Å². The van der Waals surface area contributed by atoms with E-state index in [1.165, 1.54) is 42.8 Å². The predicted octanol–water partition coefficient (Wildman–Crippen LogP) is 2.49. The molecule has 3 aromatic rings. The molecule has 47 heavy (non-hydrogen) atoms. The number of cyclic esters (lactones) is 1. The third-order valence-corrected chi connectivity index (χ3v) is 9.49. The van der Waals surface area contributed by atoms with E-state index in [-0.39, 0.29) is 35.5 Å². The van der Waals surface area contributed by atoms with Crippen LogP contribution in [0.25, 0.3) is 22.3 Å². The second-order valence-electron chi connectivity index (χ2n) is 11.7. The molecule has 13 nitrogen and oxygen atoms in total. The van der Waals surface area contributed by atoms with Crippen LogP contribution in [0.1, 0.15) is 49.4 Å². The van der Waals surface area contributed by atoms with Crippen LogP contribution < -0.4 is 15.1 Å². The lowest BCUT2D eigenvalue weighted by Gasteiger charge is -2.35. The Labute approximate surface area is 266 Å². The molecule has 2 aliphatic rings. The molecule has 0 aliphatic carbocycles. The summed E-state index contributed by atoms with van der Waals surface area (Å²) in [6.45, 7) is 3.20. The summed E-state index contributed by atoms with van der Waals surface area (Å²) >= 11 is 0. The van der Waals surface area contributed by atoms with Crippen LogP contribution in [0.15, 0.2) is 29.1 Å². The first kappa shape index (κ1) is 33.8. The molecule has 0 fully saturated rings. The van der Waals surface area contributed by atoms with Crippen molar-refractivity contribution >= 4 is 38.9 Å². The predicted molar refractivity (Wildman–Crippen MR) is 160 cm³/mol. The summed E-state index contributed by atoms with van der Waals surface area (Å²) in [5, 5.41) is 1.20. The Morgan fingerprint density at radius 2 is 1.89 bits per heavy atom. The molecule has 252 valence electrons. The van der Waals surface area contributed by atoms with Gasteiger partial charge in [0.25, 0.3) is 5.56 Å². The standard InChI is InChI=1S/C30H31F3N4O9S/c1-6-29(45-24(38)11-34-27(40)30(31,32)33)20-10-22-25-16(12-37(22)26(39)19(20)14-44-28(29)41)9-17-18(13-36(4)5)23(8-7-21(17)35-25)46-47(42,43)15(2)3/h7-10,15H,6,11-14H2,1-5H3,(H,34,40). The van der Waals surface area contributed by atoms with Crippen LogP contribution in [0.3, 0.4) is 0 Å². The molecular weight excluding hydrogens is 649 g/mol. The Hall–Kier alpha value is -4.51. The van der Waals surface area contributed by atoms with Gasteiger partial charge in [-0.25, -0.2) is 9.78 Å². The van der Waals surface area contributed by atoms with Crippen molar-refractivity contribution in [1.29, 1.82) is 0 Å². The molecule has 17 heteroatoms. The van der Waals surface area contributed by atoms with Gasteiger partial charge in [0.05, 0.1) is 34.3 Å². The molecule has 0 bridgehead atoms. The quantitative estimate of drug-likeness (QED) is 0.204. The number of aromatic nitrogens is 2. The van der Waals surface area contributed by atoms with Crippen LogP contribution in [-0.4, -0.2) is 72.8 Å². The van der Waals surface area contributed by atoms with Crippen molar-refractivity contribution in [3.05, 3.63) is 56.9 Å². The number of rotatable bonds is 9. The van der Waals surface area contributed by atoms with Crippen molar-refractivity contribution in [2.45, 2.75) is 63.9 Å². The van der Waals surface area contributed by atoms with E-state index in [9.17, 15) is 40.8 Å². The molecule has 2 aromatic heterocycles. The van der Waals surface area contributed by atoms with Crippen LogP contribution in [0, 0.1) is 0 Å². The number of carbonyl (C=O) groups is 3. The maximum atomic E-state index is 13.8. The van der Waals surface area contributed by atoms with Gasteiger partial charge < -0.3 is 28.4 Å². The van der Waals surface area contributed by atoms with Gasteiger partial charge in [0.15, 0.2) is 0 Å². The highest BCUT2D eigenvalue weighted by Gasteiger charge is 2.50. The maximum Gasteiger partial charge on any atom is 0.471 e. The van der Waals surface area contributed by atoms with Crippen molar-refractivity contribution < 1.29 is 49.6 Å². The summed E-state index contributed by atoms with van der Waals surface area (Å²) in [7, 11) is -0.308. The summed E-state index contributed by atoms with van der Waals surface area (Å²) < 4.78 is 80.6. The highest BCUT2D eigenvalue weighted by atomic mass is 32.2. The molecule has 1 unspecified atom stereocenters. The average molecular weight is 681 g/mol. The topological polar surface area (TPSA) is 163 Å². The fourth-order valence-electron chi connectivity index (χ4n) is 5.51. The maximum absolute atomic E-state index is 13.8. The molecular formula is C30H31F3N4O9S. The van der Waals surface area contributed by atoms with Crippen molar-refractivity contribution in [3.63, 3.8) is 0 Å². The number of carbonyl (C=O) groups excluding carboxylic acids is 3. The molecule has 0 saturated heterocycles. The number of amides is 1. The smallest absolute Gasteiger partial charge is 0.457 e. The third kappa shape index (κ3) is 6.04. The molecule has 2 aliphatic heterocycles. The Bertz CT molecular complexity index is 1990. The van der Waals surface area contributed by atoms with E-state index in [0.717, 1.165) is 0 Å². The SMILES string of the molecule is CCC1(OC(=O)CNC(=O)C(F)(F)F)C(=O)OCc2c1cc1n(c2=O)Cc2cc3c(CN(C)C)c(OS(=O)(=O)C(C)C)ccc3nc2-1. The van der Waals surface area contributed by atoms with Crippen LogP contribution in [0.2, 0.25) is 0 Å². The number of ether oxygens (including phenoxy) is 2. The monoisotopic (exact) mass is 680 g/mol. The van der Waals surface area contributed by atoms with Gasteiger partial charge in [-0.2, -0.15) is 21.6 Å². The number of benzene rings is 1. The first-order valence-corrected chi connectivity index (χ1v) is 15.9. The van der Waals surface area contributed by atoms with Gasteiger partial charge in [0.1, 0.15) is 18.9 Å². The first-order chi connectivity index (χ1) is 21.9. The summed E-state index contributed by atoms with van der Waals surface area (Å²) in [5.74, 6) is -4.62. The zero-order chi connectivity index (χ0) is 34.6. The van der Waals surface area contributed by atoms with Gasteiger partial charge >= 0.3 is 34.1 Å². The second-order valence-corrected chi connectivity index (χ2v) is 13.8. The minimum Gasteiger partial charge on any atom is -0.457 e. The Morgan fingerprint density at radius 3 is 2.51 bits per heavy atom. The van der Waals surface area contributed by atoms with Crippen LogP contribution in [0.4, 0.5) is 13.2 Å². The van der Waals surface area contributed by atoms with Gasteiger partial charge in [-0.05, 0) is 58.6 Å². The molecule has 1 N–H and O–H groups in total. The number of halogens is 3. The normalized spacial score (nSPS) is 17.3. The summed E-state index contributed by atoms with van der Waals surface area (Å²) in [6.07, 6.45) is -5.48. The molecule has 1 atom stereocenters. The fraction of sp³-hybridized carbons (Fsp3) is 0.433. The summed E-state index contributed by atoms with van der Waals surface area (Å²) in [4.78, 5) is 57.4. The van der Waals surface area contributed by atoms with Gasteiger partial charge in [0, 0.05) is 28.6 Å². The molecule has 0 saturated carbocycles. The van der Waals surface area contributed by atoms with Gasteiger partial charge in [-0.3, -0.25) is 14.4 Å². The molecule has 5 rings (SSSR count). The number of fused-ring (bicyclic) bond motifs is 5. The number of alkyl halides is 3. The minimum atomic E-state index is -5.24. The summed E-state index contributed by atoms with van der Waals surface area (Å²) in [5.41, 5.74) is -0.467. The highest BCUT2D eigenvalue weighted by Crippen LogP contribution is 2.42. The Balaban J connectivity index is 1.60. The van der Waals surface area contributed by atoms with Crippen LogP contribution in [0.5, 0.6) is 5.75 Å². The number of nitrogens with zero attached hydrogens (tertiary/aromatic N) is 3. The van der Waals surface area contributed by atoms with E-state index < -0.39 is 63.7 Å². The van der Waals surface area contributed by atoms with E-state index in [1.54, 1.807) is 26.2 Å². The van der Waals surface area contributed by atoms with Crippen molar-refractivity contribution in [2.24, 2.45) is 0 Å². The zero-order valence-corrected chi connectivity index (χ0v) is 26.8. The molecule has 0 radical (unpaired) electrons. The highest BCUT2D eigenvalue weighted by molar-refractivity contribution is 7.87. The van der Waals surface area contributed by atoms with Crippen molar-refractivity contribution in [2.75, 3.05) is 20.6 Å². The Kier molecular flexibility index (Phi) is 8.59. The number of esters is 2.